The van der Waals surface area contributed by atoms with Crippen molar-refractivity contribution in [1.29, 1.82) is 0 Å². The van der Waals surface area contributed by atoms with Gasteiger partial charge in [0.15, 0.2) is 17.5 Å². The van der Waals surface area contributed by atoms with Crippen LogP contribution in [0.1, 0.15) is 25.1 Å². The average Bonchev–Trinajstić information content (AvgIpc) is 3.86. The van der Waals surface area contributed by atoms with E-state index in [0.717, 1.165) is 55.3 Å². The fourth-order valence-electron chi connectivity index (χ4n) is 10.4. The van der Waals surface area contributed by atoms with Crippen molar-refractivity contribution in [1.82, 2.24) is 24.1 Å². The summed E-state index contributed by atoms with van der Waals surface area (Å²) in [7, 11) is 0. The molecular formula is C62H45N5. The SMILES string of the molecule is C=C/C=C(\C)n1c(C)c(/C=C\C)c2cc(-c3ccc4c(c3)c3ccccc3n4-c3cccc4c5ccccc5c5c(-c6nc(-c7ccccc7)nc(-c7ccccc7)n6)cccc5c34)ccc21. The number of nitrogens with zero attached hydrogens (tertiary/aromatic N) is 5. The van der Waals surface area contributed by atoms with Crippen molar-refractivity contribution >= 4 is 76.8 Å². The third-order valence-corrected chi connectivity index (χ3v) is 13.3. The lowest BCUT2D eigenvalue weighted by molar-refractivity contribution is 1.07. The highest BCUT2D eigenvalue weighted by molar-refractivity contribution is 6.30. The maximum Gasteiger partial charge on any atom is 0.164 e. The molecule has 0 saturated carbocycles. The van der Waals surface area contributed by atoms with Gasteiger partial charge in [0.05, 0.1) is 22.2 Å². The van der Waals surface area contributed by atoms with Crippen molar-refractivity contribution in [2.75, 3.05) is 0 Å². The standard InChI is InChI=1S/C62H45N5/c1-5-19-39(3)66-40(4)45(20-6-2)52-37-43(33-35-55(52)66)44-34-36-56-53(38-44)47-26-15-16-31-54(47)67(56)57-32-18-28-49-46-25-13-14-27-48(46)58-50(59(49)57)29-17-30-51(58)62-64-60(41-21-9-7-10-22-41)63-61(65-62)42-23-11-8-12-24-42/h5-38H,1H2,2-4H3/b20-6-,39-19+. The van der Waals surface area contributed by atoms with Crippen LogP contribution >= 0.6 is 0 Å². The number of hydrogen-bond donors (Lipinski definition) is 0. The van der Waals surface area contributed by atoms with Crippen LogP contribution in [0.4, 0.5) is 0 Å². The summed E-state index contributed by atoms with van der Waals surface area (Å²) in [5.41, 5.74) is 13.4. The molecule has 0 saturated heterocycles. The van der Waals surface area contributed by atoms with E-state index in [4.69, 9.17) is 15.0 Å². The van der Waals surface area contributed by atoms with Crippen LogP contribution in [0.25, 0.3) is 128 Å². The first-order valence-corrected chi connectivity index (χ1v) is 22.9. The van der Waals surface area contributed by atoms with Gasteiger partial charge in [0, 0.05) is 60.6 Å². The zero-order valence-electron chi connectivity index (χ0n) is 37.6. The summed E-state index contributed by atoms with van der Waals surface area (Å²) >= 11 is 0. The van der Waals surface area contributed by atoms with Gasteiger partial charge in [0.1, 0.15) is 0 Å². The Hall–Kier alpha value is -8.67. The van der Waals surface area contributed by atoms with Gasteiger partial charge in [0.25, 0.3) is 0 Å². The largest absolute Gasteiger partial charge is 0.317 e. The third-order valence-electron chi connectivity index (χ3n) is 13.3. The molecule has 12 rings (SSSR count). The Labute approximate surface area is 389 Å². The number of fused-ring (bicyclic) bond motifs is 10. The summed E-state index contributed by atoms with van der Waals surface area (Å²) in [6, 6.07) is 65.1. The fraction of sp³-hybridized carbons (Fsp3) is 0.0484. The van der Waals surface area contributed by atoms with Gasteiger partial charge in [-0.25, -0.2) is 15.0 Å². The maximum absolute atomic E-state index is 5.24. The quantitative estimate of drug-likeness (QED) is 0.113. The summed E-state index contributed by atoms with van der Waals surface area (Å²) in [5, 5.41) is 10.6. The lowest BCUT2D eigenvalue weighted by atomic mass is 9.90. The van der Waals surface area contributed by atoms with Crippen molar-refractivity contribution in [3.05, 3.63) is 218 Å². The van der Waals surface area contributed by atoms with Gasteiger partial charge in [-0.1, -0.05) is 170 Å². The van der Waals surface area contributed by atoms with Gasteiger partial charge in [-0.05, 0) is 95.9 Å². The first kappa shape index (κ1) is 39.9. The number of benzene rings is 9. The minimum atomic E-state index is 0.635. The molecule has 12 aromatic rings. The minimum Gasteiger partial charge on any atom is -0.317 e. The number of hydrogen-bond acceptors (Lipinski definition) is 3. The molecule has 318 valence electrons. The van der Waals surface area contributed by atoms with Gasteiger partial charge in [0.2, 0.25) is 0 Å². The fourth-order valence-corrected chi connectivity index (χ4v) is 10.4. The summed E-state index contributed by atoms with van der Waals surface area (Å²) in [5.74, 6) is 1.91. The smallest absolute Gasteiger partial charge is 0.164 e. The van der Waals surface area contributed by atoms with E-state index in [-0.39, 0.29) is 0 Å². The van der Waals surface area contributed by atoms with Crippen molar-refractivity contribution in [2.24, 2.45) is 0 Å². The predicted molar refractivity (Wildman–Crippen MR) is 284 cm³/mol. The number of aromatic nitrogens is 5. The van der Waals surface area contributed by atoms with Gasteiger partial charge >= 0.3 is 0 Å². The summed E-state index contributed by atoms with van der Waals surface area (Å²) in [6.45, 7) is 10.4. The molecule has 3 heterocycles. The molecule has 9 aromatic carbocycles. The highest BCUT2D eigenvalue weighted by Gasteiger charge is 2.22. The molecule has 0 bridgehead atoms. The topological polar surface area (TPSA) is 48.5 Å². The predicted octanol–water partition coefficient (Wildman–Crippen LogP) is 16.4. The third kappa shape index (κ3) is 6.42. The van der Waals surface area contributed by atoms with E-state index in [0.29, 0.717) is 17.5 Å². The Kier molecular flexibility index (Phi) is 9.58. The summed E-state index contributed by atoms with van der Waals surface area (Å²) < 4.78 is 4.80. The van der Waals surface area contributed by atoms with Gasteiger partial charge in [-0.3, -0.25) is 0 Å². The second-order valence-electron chi connectivity index (χ2n) is 17.2. The van der Waals surface area contributed by atoms with E-state index in [9.17, 15) is 0 Å². The van der Waals surface area contributed by atoms with Crippen LogP contribution in [0.5, 0.6) is 0 Å². The number of rotatable bonds is 8. The Morgan fingerprint density at radius 3 is 1.73 bits per heavy atom. The van der Waals surface area contributed by atoms with Gasteiger partial charge < -0.3 is 9.13 Å². The molecule has 0 N–H and O–H groups in total. The number of para-hydroxylation sites is 1. The van der Waals surface area contributed by atoms with Crippen LogP contribution in [0.15, 0.2) is 207 Å². The molecular weight excluding hydrogens is 815 g/mol. The van der Waals surface area contributed by atoms with Crippen molar-refractivity contribution in [2.45, 2.75) is 20.8 Å². The Morgan fingerprint density at radius 1 is 0.478 bits per heavy atom. The van der Waals surface area contributed by atoms with E-state index in [2.05, 4.69) is 200 Å². The van der Waals surface area contributed by atoms with Gasteiger partial charge in [-0.15, -0.1) is 0 Å². The molecule has 5 heteroatoms. The molecule has 0 aliphatic carbocycles. The molecule has 0 fully saturated rings. The first-order valence-electron chi connectivity index (χ1n) is 22.9. The van der Waals surface area contributed by atoms with Crippen LogP contribution in [0.2, 0.25) is 0 Å². The second kappa shape index (κ2) is 16.1. The molecule has 67 heavy (non-hydrogen) atoms. The lowest BCUT2D eigenvalue weighted by Crippen LogP contribution is -2.01. The monoisotopic (exact) mass is 859 g/mol. The molecule has 0 amide bonds. The van der Waals surface area contributed by atoms with E-state index >= 15 is 0 Å². The van der Waals surface area contributed by atoms with Crippen LogP contribution in [0, 0.1) is 6.92 Å². The Morgan fingerprint density at radius 2 is 1.03 bits per heavy atom. The van der Waals surface area contributed by atoms with Crippen LogP contribution in [-0.4, -0.2) is 24.1 Å². The molecule has 0 radical (unpaired) electrons. The zero-order valence-corrected chi connectivity index (χ0v) is 37.6. The molecule has 0 atom stereocenters. The Bertz CT molecular complexity index is 3960. The normalized spacial score (nSPS) is 12.2. The van der Waals surface area contributed by atoms with Crippen molar-refractivity contribution in [3.63, 3.8) is 0 Å². The van der Waals surface area contributed by atoms with Crippen LogP contribution in [0.3, 0.4) is 0 Å². The van der Waals surface area contributed by atoms with E-state index in [1.54, 1.807) is 0 Å². The zero-order chi connectivity index (χ0) is 45.2. The summed E-state index contributed by atoms with van der Waals surface area (Å²) in [6.07, 6.45) is 8.28. The molecule has 3 aromatic heterocycles. The average molecular weight is 860 g/mol. The van der Waals surface area contributed by atoms with Crippen molar-refractivity contribution in [3.8, 4) is 51.0 Å². The van der Waals surface area contributed by atoms with Gasteiger partial charge in [-0.2, -0.15) is 0 Å². The molecule has 5 nitrogen and oxygen atoms in total. The van der Waals surface area contributed by atoms with Crippen LogP contribution in [-0.2, 0) is 0 Å². The van der Waals surface area contributed by atoms with E-state index < -0.39 is 0 Å². The summed E-state index contributed by atoms with van der Waals surface area (Å²) in [4.78, 5) is 15.5. The molecule has 0 aliphatic heterocycles. The van der Waals surface area contributed by atoms with E-state index in [1.165, 1.54) is 60.2 Å². The highest BCUT2D eigenvalue weighted by Crippen LogP contribution is 2.45. The molecule has 0 spiro atoms. The first-order chi connectivity index (χ1) is 33.0. The molecule has 0 unspecified atom stereocenters. The lowest BCUT2D eigenvalue weighted by Gasteiger charge is -2.18. The minimum absolute atomic E-state index is 0.635. The van der Waals surface area contributed by atoms with E-state index in [1.807, 2.05) is 42.5 Å². The van der Waals surface area contributed by atoms with Crippen molar-refractivity contribution < 1.29 is 0 Å². The Balaban J connectivity index is 1.10. The molecule has 0 aliphatic rings. The highest BCUT2D eigenvalue weighted by atomic mass is 15.0. The van der Waals surface area contributed by atoms with Crippen LogP contribution < -0.4 is 0 Å². The second-order valence-corrected chi connectivity index (χ2v) is 17.2. The number of allylic oxidation sites excluding steroid dienone is 4. The maximum atomic E-state index is 5.24.